The maximum Gasteiger partial charge on any atom is 0.404 e. The van der Waals surface area contributed by atoms with Crippen LogP contribution < -0.4 is 14.8 Å². The summed E-state index contributed by atoms with van der Waals surface area (Å²) in [5.41, 5.74) is 2.84. The molecule has 0 radical (unpaired) electrons. The Hall–Kier alpha value is -3.32. The fourth-order valence-corrected chi connectivity index (χ4v) is 4.00. The van der Waals surface area contributed by atoms with E-state index in [4.69, 9.17) is 26.2 Å². The Morgan fingerprint density at radius 1 is 1.06 bits per heavy atom. The van der Waals surface area contributed by atoms with E-state index in [1.807, 2.05) is 24.3 Å². The van der Waals surface area contributed by atoms with E-state index in [1.54, 1.807) is 12.3 Å². The molecular weight excluding hydrogens is 442 g/mol. The molecule has 4 rings (SSSR count). The highest BCUT2D eigenvalue weighted by atomic mass is 35.5. The summed E-state index contributed by atoms with van der Waals surface area (Å²) in [7, 11) is 0. The van der Waals surface area contributed by atoms with Gasteiger partial charge in [0.2, 0.25) is 5.28 Å². The van der Waals surface area contributed by atoms with Crippen LogP contribution in [0.15, 0.2) is 60.8 Å². The minimum atomic E-state index is -0.986. The Bertz CT molecular complexity index is 1100. The molecule has 0 aliphatic heterocycles. The molecule has 0 saturated heterocycles. The molecular formula is C25H26ClN3O4. The Kier molecular flexibility index (Phi) is 6.70. The molecule has 0 spiro atoms. The van der Waals surface area contributed by atoms with Gasteiger partial charge in [0.15, 0.2) is 0 Å². The van der Waals surface area contributed by atoms with Gasteiger partial charge >= 0.3 is 6.09 Å². The van der Waals surface area contributed by atoms with Crippen LogP contribution in [0.1, 0.15) is 43.5 Å². The number of aromatic nitrogens is 2. The monoisotopic (exact) mass is 467 g/mol. The molecule has 1 aliphatic carbocycles. The van der Waals surface area contributed by atoms with E-state index in [0.29, 0.717) is 19.4 Å². The van der Waals surface area contributed by atoms with Gasteiger partial charge in [-0.15, -0.1) is 0 Å². The lowest BCUT2D eigenvalue weighted by Crippen LogP contribution is -2.48. The van der Waals surface area contributed by atoms with E-state index < -0.39 is 6.09 Å². The van der Waals surface area contributed by atoms with Crippen LogP contribution in [0.3, 0.4) is 0 Å². The third kappa shape index (κ3) is 5.73. The zero-order valence-electron chi connectivity index (χ0n) is 18.5. The zero-order valence-corrected chi connectivity index (χ0v) is 19.2. The number of nitrogens with zero attached hydrogens (tertiary/aromatic N) is 2. The first-order valence-electron chi connectivity index (χ1n) is 10.8. The molecule has 1 aromatic heterocycles. The van der Waals surface area contributed by atoms with Crippen LogP contribution in [-0.2, 0) is 12.0 Å². The van der Waals surface area contributed by atoms with Crippen molar-refractivity contribution in [2.24, 2.45) is 0 Å². The standard InChI is InChI=1S/C25H26ClN3O4/c1-25(2,16-3-7-20(8-4-16)32-15-18-11-12-27-23(26)28-18)17-5-9-21(10-6-17)33-22-13-19(14-22)29-24(30)31/h3-12,19,22,29H,13-15H2,1-2H3,(H,30,31)/t19-,22+. The summed E-state index contributed by atoms with van der Waals surface area (Å²) in [4.78, 5) is 18.7. The van der Waals surface area contributed by atoms with Gasteiger partial charge in [0.05, 0.1) is 5.69 Å². The van der Waals surface area contributed by atoms with Crippen molar-refractivity contribution in [2.75, 3.05) is 0 Å². The van der Waals surface area contributed by atoms with Gasteiger partial charge in [-0.1, -0.05) is 38.1 Å². The number of rotatable bonds is 8. The van der Waals surface area contributed by atoms with E-state index in [9.17, 15) is 4.79 Å². The molecule has 0 atom stereocenters. The quantitative estimate of drug-likeness (QED) is 0.441. The van der Waals surface area contributed by atoms with E-state index in [1.165, 1.54) is 0 Å². The minimum absolute atomic E-state index is 0.0172. The Labute approximate surface area is 197 Å². The summed E-state index contributed by atoms with van der Waals surface area (Å²) >= 11 is 5.81. The molecule has 1 saturated carbocycles. The minimum Gasteiger partial charge on any atom is -0.490 e. The van der Waals surface area contributed by atoms with Crippen molar-refractivity contribution < 1.29 is 19.4 Å². The summed E-state index contributed by atoms with van der Waals surface area (Å²) in [5.74, 6) is 1.55. The summed E-state index contributed by atoms with van der Waals surface area (Å²) in [6.07, 6.45) is 2.05. The fraction of sp³-hybridized carbons (Fsp3) is 0.320. The predicted octanol–water partition coefficient (Wildman–Crippen LogP) is 5.21. The highest BCUT2D eigenvalue weighted by Crippen LogP contribution is 2.34. The molecule has 1 heterocycles. The van der Waals surface area contributed by atoms with Crippen molar-refractivity contribution in [1.82, 2.24) is 15.3 Å². The van der Waals surface area contributed by atoms with Crippen LogP contribution in [0.25, 0.3) is 0 Å². The van der Waals surface area contributed by atoms with Crippen molar-refractivity contribution in [3.63, 3.8) is 0 Å². The number of carbonyl (C=O) groups is 1. The molecule has 0 unspecified atom stereocenters. The Morgan fingerprint density at radius 2 is 1.67 bits per heavy atom. The number of hydrogen-bond donors (Lipinski definition) is 2. The third-order valence-electron chi connectivity index (χ3n) is 5.95. The molecule has 1 fully saturated rings. The SMILES string of the molecule is CC(C)(c1ccc(OCc2ccnc(Cl)n2)cc1)c1ccc(O[C@H]2C[C@@H](NC(=O)O)C2)cc1. The van der Waals surface area contributed by atoms with Gasteiger partial charge < -0.3 is 19.9 Å². The van der Waals surface area contributed by atoms with Crippen molar-refractivity contribution >= 4 is 17.7 Å². The first-order chi connectivity index (χ1) is 15.8. The van der Waals surface area contributed by atoms with Gasteiger partial charge in [-0.2, -0.15) is 0 Å². The lowest BCUT2D eigenvalue weighted by atomic mass is 9.78. The van der Waals surface area contributed by atoms with Gasteiger partial charge in [-0.05, 0) is 53.1 Å². The maximum atomic E-state index is 10.7. The molecule has 1 aliphatic rings. The average molecular weight is 468 g/mol. The molecule has 2 aromatic carbocycles. The van der Waals surface area contributed by atoms with Crippen LogP contribution in [0.4, 0.5) is 4.79 Å². The number of halogens is 1. The first kappa shape index (κ1) is 22.9. The maximum absolute atomic E-state index is 10.7. The van der Waals surface area contributed by atoms with Crippen LogP contribution >= 0.6 is 11.6 Å². The van der Waals surface area contributed by atoms with Gasteiger partial charge in [0, 0.05) is 30.5 Å². The fourth-order valence-electron chi connectivity index (χ4n) is 3.84. The summed E-state index contributed by atoms with van der Waals surface area (Å²) in [5, 5.41) is 11.4. The highest BCUT2D eigenvalue weighted by Gasteiger charge is 2.32. The largest absolute Gasteiger partial charge is 0.490 e. The summed E-state index contributed by atoms with van der Waals surface area (Å²) in [6, 6.07) is 17.9. The molecule has 7 nitrogen and oxygen atoms in total. The summed E-state index contributed by atoms with van der Waals surface area (Å²) < 4.78 is 11.8. The number of nitrogens with one attached hydrogen (secondary N) is 1. The van der Waals surface area contributed by atoms with Crippen molar-refractivity contribution in [2.45, 2.75) is 50.9 Å². The Balaban J connectivity index is 1.34. The molecule has 3 aromatic rings. The van der Waals surface area contributed by atoms with Crippen molar-refractivity contribution in [3.8, 4) is 11.5 Å². The second-order valence-electron chi connectivity index (χ2n) is 8.64. The van der Waals surface area contributed by atoms with Gasteiger partial charge in [-0.3, -0.25) is 0 Å². The zero-order chi connectivity index (χ0) is 23.4. The van der Waals surface area contributed by atoms with Crippen LogP contribution in [-0.4, -0.2) is 33.3 Å². The van der Waals surface area contributed by atoms with E-state index in [0.717, 1.165) is 28.3 Å². The van der Waals surface area contributed by atoms with Crippen LogP contribution in [0.2, 0.25) is 5.28 Å². The molecule has 172 valence electrons. The topological polar surface area (TPSA) is 93.6 Å². The van der Waals surface area contributed by atoms with Gasteiger partial charge in [0.25, 0.3) is 0 Å². The first-order valence-corrected chi connectivity index (χ1v) is 11.1. The smallest absolute Gasteiger partial charge is 0.404 e. The molecule has 0 bridgehead atoms. The normalized spacial score (nSPS) is 17.7. The van der Waals surface area contributed by atoms with Crippen molar-refractivity contribution in [3.05, 3.63) is 82.9 Å². The number of hydrogen-bond acceptors (Lipinski definition) is 5. The molecule has 8 heteroatoms. The van der Waals surface area contributed by atoms with Crippen molar-refractivity contribution in [1.29, 1.82) is 0 Å². The lowest BCUT2D eigenvalue weighted by molar-refractivity contribution is 0.0833. The Morgan fingerprint density at radius 3 is 2.24 bits per heavy atom. The summed E-state index contributed by atoms with van der Waals surface area (Å²) in [6.45, 7) is 4.67. The van der Waals surface area contributed by atoms with E-state index in [2.05, 4.69) is 53.4 Å². The van der Waals surface area contributed by atoms with Gasteiger partial charge in [-0.25, -0.2) is 14.8 Å². The highest BCUT2D eigenvalue weighted by molar-refractivity contribution is 6.28. The molecule has 33 heavy (non-hydrogen) atoms. The number of ether oxygens (including phenoxy) is 2. The lowest BCUT2D eigenvalue weighted by Gasteiger charge is -2.35. The van der Waals surface area contributed by atoms with E-state index in [-0.39, 0.29) is 22.8 Å². The predicted molar refractivity (Wildman–Crippen MR) is 125 cm³/mol. The van der Waals surface area contributed by atoms with E-state index >= 15 is 0 Å². The number of carboxylic acid groups (broad SMARTS) is 1. The van der Waals surface area contributed by atoms with Crippen LogP contribution in [0, 0.1) is 0 Å². The number of amides is 1. The average Bonchev–Trinajstić information content (AvgIpc) is 2.77. The second kappa shape index (κ2) is 9.67. The number of benzene rings is 2. The molecule has 1 amide bonds. The van der Waals surface area contributed by atoms with Crippen LogP contribution in [0.5, 0.6) is 11.5 Å². The third-order valence-corrected chi connectivity index (χ3v) is 6.13. The molecule has 2 N–H and O–H groups in total. The second-order valence-corrected chi connectivity index (χ2v) is 8.98. The van der Waals surface area contributed by atoms with Gasteiger partial charge in [0.1, 0.15) is 24.2 Å².